The summed E-state index contributed by atoms with van der Waals surface area (Å²) in [5, 5.41) is 1.11. The lowest BCUT2D eigenvalue weighted by Crippen LogP contribution is -2.37. The van der Waals surface area contributed by atoms with E-state index in [-0.39, 0.29) is 11.8 Å². The molecule has 6 aromatic carbocycles. The van der Waals surface area contributed by atoms with Crippen LogP contribution >= 0.6 is 0 Å². The van der Waals surface area contributed by atoms with E-state index in [0.717, 1.165) is 55.8 Å². The van der Waals surface area contributed by atoms with Gasteiger partial charge in [0.25, 0.3) is 0 Å². The van der Waals surface area contributed by atoms with Crippen LogP contribution in [0.15, 0.2) is 182 Å². The molecule has 3 atom stereocenters. The lowest BCUT2D eigenvalue weighted by Gasteiger charge is -2.43. The van der Waals surface area contributed by atoms with Gasteiger partial charge in [-0.25, -0.2) is 15.0 Å². The van der Waals surface area contributed by atoms with E-state index in [2.05, 4.69) is 145 Å². The van der Waals surface area contributed by atoms with Crippen LogP contribution in [0.1, 0.15) is 28.2 Å². The summed E-state index contributed by atoms with van der Waals surface area (Å²) in [6.45, 7) is 0. The molecule has 1 aliphatic heterocycles. The molecule has 54 heavy (non-hydrogen) atoms. The molecule has 0 fully saturated rings. The first-order valence-electron chi connectivity index (χ1n) is 18.4. The molecule has 2 aliphatic carbocycles. The Kier molecular flexibility index (Phi) is 6.83. The molecule has 3 aliphatic rings. The van der Waals surface area contributed by atoms with Crippen LogP contribution in [0.4, 0.5) is 0 Å². The van der Waals surface area contributed by atoms with Gasteiger partial charge in [0.05, 0.1) is 10.9 Å². The van der Waals surface area contributed by atoms with Gasteiger partial charge in [0.1, 0.15) is 11.5 Å². The maximum absolute atomic E-state index is 6.71. The summed E-state index contributed by atoms with van der Waals surface area (Å²) in [5.74, 6) is 4.01. The number of hydrogen-bond donors (Lipinski definition) is 0. The number of pyridine rings is 1. The van der Waals surface area contributed by atoms with Gasteiger partial charge in [-0.2, -0.15) is 0 Å². The van der Waals surface area contributed by atoms with E-state index < -0.39 is 5.41 Å². The molecule has 0 saturated heterocycles. The summed E-state index contributed by atoms with van der Waals surface area (Å²) in [4.78, 5) is 20.1. The monoisotopic (exact) mass is 692 g/mol. The molecule has 3 heterocycles. The molecule has 0 bridgehead atoms. The van der Waals surface area contributed by atoms with Crippen molar-refractivity contribution >= 4 is 10.9 Å². The number of aromatic nitrogens is 4. The Morgan fingerprint density at radius 1 is 0.481 bits per heavy atom. The lowest BCUT2D eigenvalue weighted by molar-refractivity contribution is 0.374. The molecule has 5 nitrogen and oxygen atoms in total. The summed E-state index contributed by atoms with van der Waals surface area (Å²) in [6.07, 6.45) is 11.0. The predicted octanol–water partition coefficient (Wildman–Crippen LogP) is 11.4. The number of hydrogen-bond acceptors (Lipinski definition) is 5. The Bertz CT molecular complexity index is 2820. The molecule has 8 aromatic rings. The second-order valence-corrected chi connectivity index (χ2v) is 14.2. The zero-order valence-corrected chi connectivity index (χ0v) is 29.2. The predicted molar refractivity (Wildman–Crippen MR) is 214 cm³/mol. The van der Waals surface area contributed by atoms with Crippen molar-refractivity contribution < 1.29 is 4.74 Å². The number of allylic oxidation sites excluding steroid dienone is 4. The van der Waals surface area contributed by atoms with Crippen LogP contribution in [0, 0.1) is 5.92 Å². The molecule has 0 radical (unpaired) electrons. The van der Waals surface area contributed by atoms with Crippen molar-refractivity contribution in [1.29, 1.82) is 0 Å². The topological polar surface area (TPSA) is 60.8 Å². The first-order chi connectivity index (χ1) is 26.8. The Morgan fingerprint density at radius 2 is 1.13 bits per heavy atom. The highest BCUT2D eigenvalue weighted by atomic mass is 16.5. The summed E-state index contributed by atoms with van der Waals surface area (Å²) >= 11 is 0. The second-order valence-electron chi connectivity index (χ2n) is 14.2. The average Bonchev–Trinajstić information content (AvgIpc) is 3.54. The molecule has 5 heteroatoms. The van der Waals surface area contributed by atoms with Crippen LogP contribution in [0.25, 0.3) is 56.2 Å². The number of fused-ring (bicyclic) bond motifs is 10. The van der Waals surface area contributed by atoms with Gasteiger partial charge in [-0.15, -0.1) is 0 Å². The van der Waals surface area contributed by atoms with E-state index in [1.165, 1.54) is 16.7 Å². The average molecular weight is 693 g/mol. The number of benzene rings is 6. The first kappa shape index (κ1) is 30.6. The van der Waals surface area contributed by atoms with Crippen molar-refractivity contribution in [3.63, 3.8) is 0 Å². The quantitative estimate of drug-likeness (QED) is 0.184. The van der Waals surface area contributed by atoms with Crippen molar-refractivity contribution in [3.8, 4) is 56.8 Å². The Hall–Kier alpha value is -6.98. The van der Waals surface area contributed by atoms with E-state index in [1.807, 2.05) is 42.6 Å². The fraction of sp³-hybridized carbons (Fsp3) is 0.0612. The van der Waals surface area contributed by atoms with Gasteiger partial charge in [0, 0.05) is 56.8 Å². The number of ether oxygens (including phenoxy) is 1. The first-order valence-corrected chi connectivity index (χ1v) is 18.4. The van der Waals surface area contributed by atoms with Gasteiger partial charge >= 0.3 is 0 Å². The van der Waals surface area contributed by atoms with Gasteiger partial charge in [0.15, 0.2) is 17.5 Å². The molecule has 254 valence electrons. The summed E-state index contributed by atoms with van der Waals surface area (Å²) < 4.78 is 6.71. The van der Waals surface area contributed by atoms with E-state index in [9.17, 15) is 0 Å². The number of nitrogens with zero attached hydrogens (tertiary/aromatic N) is 4. The van der Waals surface area contributed by atoms with Crippen LogP contribution < -0.4 is 4.74 Å². The fourth-order valence-corrected chi connectivity index (χ4v) is 8.99. The van der Waals surface area contributed by atoms with Crippen LogP contribution in [0.3, 0.4) is 0 Å². The molecule has 3 unspecified atom stereocenters. The zero-order valence-electron chi connectivity index (χ0n) is 29.2. The summed E-state index contributed by atoms with van der Waals surface area (Å²) in [6, 6.07) is 52.8. The Labute approximate surface area is 313 Å². The van der Waals surface area contributed by atoms with E-state index in [4.69, 9.17) is 19.7 Å². The summed E-state index contributed by atoms with van der Waals surface area (Å²) in [5.41, 5.74) is 10.4. The SMILES string of the molecule is C1=CC2c3ccccc3C3(c4ccccc4Oc4ccc(-c5nc(-c6ccccc6)nc(-c6ccc(-c7cccc8cccnc78)cc6)n5)cc43)C2C=C1. The fourth-order valence-electron chi connectivity index (χ4n) is 8.99. The van der Waals surface area contributed by atoms with Crippen molar-refractivity contribution in [3.05, 3.63) is 204 Å². The standard InChI is InChI=1S/C49H32N4O/c1-2-12-33(13-3-1)46-51-47(34-25-23-31(24-26-34)36-18-10-14-32-15-11-29-50-45(32)36)53-48(52-46)35-27-28-44-42(30-35)49(41-21-8-9-22-43(41)54-44)39-19-6-4-16-37(39)38-17-5-7-20-40(38)49/h1-30,37,39H. The normalized spacial score (nSPS) is 18.8. The van der Waals surface area contributed by atoms with Crippen molar-refractivity contribution in [2.24, 2.45) is 5.92 Å². The summed E-state index contributed by atoms with van der Waals surface area (Å²) in [7, 11) is 0. The second kappa shape index (κ2) is 12.0. The molecular weight excluding hydrogens is 661 g/mol. The van der Waals surface area contributed by atoms with E-state index >= 15 is 0 Å². The minimum atomic E-state index is -0.465. The Morgan fingerprint density at radius 3 is 1.98 bits per heavy atom. The third-order valence-electron chi connectivity index (χ3n) is 11.3. The van der Waals surface area contributed by atoms with Crippen LogP contribution in [-0.2, 0) is 5.41 Å². The molecular formula is C49H32N4O. The minimum Gasteiger partial charge on any atom is -0.457 e. The third-order valence-corrected chi connectivity index (χ3v) is 11.3. The van der Waals surface area contributed by atoms with E-state index in [0.29, 0.717) is 17.5 Å². The highest BCUT2D eigenvalue weighted by Gasteiger charge is 2.56. The van der Waals surface area contributed by atoms with Crippen molar-refractivity contribution in [1.82, 2.24) is 19.9 Å². The Balaban J connectivity index is 1.09. The third kappa shape index (κ3) is 4.58. The van der Waals surface area contributed by atoms with Crippen molar-refractivity contribution in [2.45, 2.75) is 11.3 Å². The molecule has 0 N–H and O–H groups in total. The van der Waals surface area contributed by atoms with E-state index in [1.54, 1.807) is 0 Å². The van der Waals surface area contributed by atoms with Gasteiger partial charge in [0.2, 0.25) is 0 Å². The van der Waals surface area contributed by atoms with Crippen LogP contribution in [-0.4, -0.2) is 19.9 Å². The van der Waals surface area contributed by atoms with Gasteiger partial charge in [-0.3, -0.25) is 4.98 Å². The molecule has 1 spiro atoms. The smallest absolute Gasteiger partial charge is 0.164 e. The van der Waals surface area contributed by atoms with Crippen LogP contribution in [0.2, 0.25) is 0 Å². The maximum Gasteiger partial charge on any atom is 0.164 e. The zero-order chi connectivity index (χ0) is 35.6. The maximum atomic E-state index is 6.71. The molecule has 11 rings (SSSR count). The molecule has 2 aromatic heterocycles. The number of para-hydroxylation sites is 2. The highest BCUT2D eigenvalue weighted by molar-refractivity contribution is 5.93. The molecule has 0 saturated carbocycles. The van der Waals surface area contributed by atoms with Gasteiger partial charge in [-0.05, 0) is 47.0 Å². The highest BCUT2D eigenvalue weighted by Crippen LogP contribution is 2.64. The van der Waals surface area contributed by atoms with Crippen LogP contribution in [0.5, 0.6) is 11.5 Å². The number of rotatable bonds is 4. The minimum absolute atomic E-state index is 0.170. The molecule has 0 amide bonds. The lowest BCUT2D eigenvalue weighted by atomic mass is 9.61. The van der Waals surface area contributed by atoms with Gasteiger partial charge < -0.3 is 4.74 Å². The van der Waals surface area contributed by atoms with Crippen molar-refractivity contribution in [2.75, 3.05) is 0 Å². The van der Waals surface area contributed by atoms with Gasteiger partial charge in [-0.1, -0.05) is 146 Å². The largest absolute Gasteiger partial charge is 0.457 e.